The van der Waals surface area contributed by atoms with Crippen molar-refractivity contribution in [2.75, 3.05) is 0 Å². The Morgan fingerprint density at radius 3 is 2.17 bits per heavy atom. The number of carbonyl (C=O) groups excluding carboxylic acids is 4. The van der Waals surface area contributed by atoms with E-state index in [9.17, 15) is 34.2 Å². The summed E-state index contributed by atoms with van der Waals surface area (Å²) >= 11 is 0. The average molecular weight is 553 g/mol. The van der Waals surface area contributed by atoms with Crippen LogP contribution in [0.3, 0.4) is 0 Å². The third-order valence-electron chi connectivity index (χ3n) is 6.23. The van der Waals surface area contributed by atoms with E-state index >= 15 is 0 Å². The van der Waals surface area contributed by atoms with Crippen LogP contribution in [0, 0.1) is 0 Å². The first-order valence-electron chi connectivity index (χ1n) is 12.4. The number of rotatable bonds is 13. The topological polar surface area (TPSA) is 230 Å². The van der Waals surface area contributed by atoms with Crippen molar-refractivity contribution in [2.24, 2.45) is 11.5 Å². The van der Waals surface area contributed by atoms with Gasteiger partial charge in [0.15, 0.2) is 0 Å². The Bertz CT molecular complexity index is 1390. The first kappa shape index (κ1) is 29.6. The number of aromatic nitrogens is 1. The standard InChI is InChI=1S/C27H32N6O7/c1-14(31-25(37)19(28)11-16-13-30-20-5-3-2-4-18(16)20)24(36)32-21(12-23(29)35)26(38)33-22(27(39)40)10-15-6-8-17(34)9-7-15/h2-9,13-14,19,21-22,30,34H,10-12,28H2,1H3,(H2,29,35)(H,31,37)(H,32,36)(H,33,38)(H,39,40). The van der Waals surface area contributed by atoms with Crippen LogP contribution in [-0.4, -0.2) is 69.0 Å². The Balaban J connectivity index is 1.60. The summed E-state index contributed by atoms with van der Waals surface area (Å²) < 4.78 is 0. The minimum atomic E-state index is -1.49. The van der Waals surface area contributed by atoms with Gasteiger partial charge < -0.3 is 42.6 Å². The molecule has 0 radical (unpaired) electrons. The molecule has 0 spiro atoms. The van der Waals surface area contributed by atoms with Gasteiger partial charge in [-0.3, -0.25) is 19.2 Å². The number of phenolic OH excluding ortho intramolecular Hbond substituents is 1. The number of amides is 4. The molecule has 1 heterocycles. The lowest BCUT2D eigenvalue weighted by Crippen LogP contribution is -2.57. The zero-order valence-electron chi connectivity index (χ0n) is 21.7. The van der Waals surface area contributed by atoms with E-state index in [4.69, 9.17) is 11.5 Å². The average Bonchev–Trinajstić information content (AvgIpc) is 3.31. The summed E-state index contributed by atoms with van der Waals surface area (Å²) in [6, 6.07) is 8.24. The molecule has 0 aliphatic heterocycles. The number of aromatic amines is 1. The molecule has 0 bridgehead atoms. The normalized spacial score (nSPS) is 13.9. The van der Waals surface area contributed by atoms with Crippen molar-refractivity contribution in [1.82, 2.24) is 20.9 Å². The van der Waals surface area contributed by atoms with Gasteiger partial charge in [0, 0.05) is 23.5 Å². The molecule has 3 rings (SSSR count). The van der Waals surface area contributed by atoms with Crippen LogP contribution < -0.4 is 27.4 Å². The minimum absolute atomic E-state index is 0.0102. The fourth-order valence-corrected chi connectivity index (χ4v) is 4.06. The second kappa shape index (κ2) is 13.2. The lowest BCUT2D eigenvalue weighted by atomic mass is 10.0. The maximum atomic E-state index is 12.9. The molecule has 3 aromatic rings. The number of fused-ring (bicyclic) bond motifs is 1. The quantitative estimate of drug-likeness (QED) is 0.136. The molecular weight excluding hydrogens is 520 g/mol. The first-order chi connectivity index (χ1) is 18.9. The van der Waals surface area contributed by atoms with Crippen LogP contribution in [0.2, 0.25) is 0 Å². The molecule has 0 fully saturated rings. The van der Waals surface area contributed by atoms with Crippen LogP contribution in [-0.2, 0) is 36.8 Å². The summed E-state index contributed by atoms with van der Waals surface area (Å²) in [6.07, 6.45) is 1.23. The van der Waals surface area contributed by atoms with Gasteiger partial charge in [-0.2, -0.15) is 0 Å². The highest BCUT2D eigenvalue weighted by molar-refractivity contribution is 5.96. The number of carboxylic acid groups (broad SMARTS) is 1. The van der Waals surface area contributed by atoms with Crippen LogP contribution in [0.5, 0.6) is 5.75 Å². The molecule has 212 valence electrons. The number of primary amides is 1. The number of hydrogen-bond acceptors (Lipinski definition) is 7. The van der Waals surface area contributed by atoms with Gasteiger partial charge in [-0.15, -0.1) is 0 Å². The van der Waals surface area contributed by atoms with Crippen molar-refractivity contribution in [3.8, 4) is 5.75 Å². The van der Waals surface area contributed by atoms with Crippen molar-refractivity contribution in [3.05, 3.63) is 65.9 Å². The van der Waals surface area contributed by atoms with Gasteiger partial charge in [-0.25, -0.2) is 4.79 Å². The number of para-hydroxylation sites is 1. The van der Waals surface area contributed by atoms with E-state index < -0.39 is 60.2 Å². The molecular formula is C27H32N6O7. The summed E-state index contributed by atoms with van der Waals surface area (Å²) in [4.78, 5) is 64.8. The third kappa shape index (κ3) is 8.04. The molecule has 13 nitrogen and oxygen atoms in total. The van der Waals surface area contributed by atoms with Crippen molar-refractivity contribution in [1.29, 1.82) is 0 Å². The molecule has 0 aliphatic carbocycles. The molecule has 13 heteroatoms. The number of aliphatic carboxylic acids is 1. The lowest BCUT2D eigenvalue weighted by molar-refractivity contribution is -0.142. The summed E-state index contributed by atoms with van der Waals surface area (Å²) in [6.45, 7) is 1.37. The first-order valence-corrected chi connectivity index (χ1v) is 12.4. The van der Waals surface area contributed by atoms with Crippen LogP contribution in [0.4, 0.5) is 0 Å². The maximum Gasteiger partial charge on any atom is 0.326 e. The number of carboxylic acids is 1. The van der Waals surface area contributed by atoms with E-state index in [1.165, 1.54) is 31.2 Å². The van der Waals surface area contributed by atoms with Gasteiger partial charge in [-0.05, 0) is 42.7 Å². The highest BCUT2D eigenvalue weighted by Gasteiger charge is 2.30. The van der Waals surface area contributed by atoms with Gasteiger partial charge >= 0.3 is 5.97 Å². The highest BCUT2D eigenvalue weighted by atomic mass is 16.4. The van der Waals surface area contributed by atoms with Gasteiger partial charge in [0.05, 0.1) is 12.5 Å². The number of aromatic hydroxyl groups is 1. The van der Waals surface area contributed by atoms with Gasteiger partial charge in [-0.1, -0.05) is 30.3 Å². The fourth-order valence-electron chi connectivity index (χ4n) is 4.06. The summed E-state index contributed by atoms with van der Waals surface area (Å²) in [5.41, 5.74) is 13.5. The fraction of sp³-hybridized carbons (Fsp3) is 0.296. The monoisotopic (exact) mass is 552 g/mol. The van der Waals surface area contributed by atoms with E-state index in [2.05, 4.69) is 20.9 Å². The van der Waals surface area contributed by atoms with E-state index in [1.54, 1.807) is 6.20 Å². The highest BCUT2D eigenvalue weighted by Crippen LogP contribution is 2.19. The van der Waals surface area contributed by atoms with Crippen LogP contribution >= 0.6 is 0 Å². The summed E-state index contributed by atoms with van der Waals surface area (Å²) in [5.74, 6) is -4.64. The Morgan fingerprint density at radius 2 is 1.52 bits per heavy atom. The number of hydrogen-bond donors (Lipinski definition) is 8. The lowest BCUT2D eigenvalue weighted by Gasteiger charge is -2.23. The van der Waals surface area contributed by atoms with E-state index in [-0.39, 0.29) is 18.6 Å². The van der Waals surface area contributed by atoms with E-state index in [0.29, 0.717) is 5.56 Å². The molecule has 40 heavy (non-hydrogen) atoms. The number of nitrogens with two attached hydrogens (primary N) is 2. The number of nitrogens with one attached hydrogen (secondary N) is 4. The van der Waals surface area contributed by atoms with Gasteiger partial charge in [0.25, 0.3) is 0 Å². The molecule has 1 aromatic heterocycles. The largest absolute Gasteiger partial charge is 0.508 e. The number of benzene rings is 2. The molecule has 0 saturated carbocycles. The molecule has 4 amide bonds. The number of H-pyrrole nitrogens is 1. The van der Waals surface area contributed by atoms with Crippen LogP contribution in [0.1, 0.15) is 24.5 Å². The maximum absolute atomic E-state index is 12.9. The Labute approximate surface area is 229 Å². The Hall–Kier alpha value is -4.91. The minimum Gasteiger partial charge on any atom is -0.508 e. The predicted octanol–water partition coefficient (Wildman–Crippen LogP) is -0.580. The zero-order chi connectivity index (χ0) is 29.4. The second-order valence-electron chi connectivity index (χ2n) is 9.40. The van der Waals surface area contributed by atoms with E-state index in [0.717, 1.165) is 16.5 Å². The van der Waals surface area contributed by atoms with Crippen molar-refractivity contribution in [3.63, 3.8) is 0 Å². The molecule has 10 N–H and O–H groups in total. The number of carbonyl (C=O) groups is 5. The molecule has 2 aromatic carbocycles. The number of phenols is 1. The molecule has 4 atom stereocenters. The zero-order valence-corrected chi connectivity index (χ0v) is 21.7. The van der Waals surface area contributed by atoms with E-state index in [1.807, 2.05) is 24.3 Å². The second-order valence-corrected chi connectivity index (χ2v) is 9.40. The van der Waals surface area contributed by atoms with Crippen molar-refractivity contribution in [2.45, 2.75) is 50.4 Å². The molecule has 4 unspecified atom stereocenters. The molecule has 0 aliphatic rings. The van der Waals surface area contributed by atoms with Gasteiger partial charge in [0.2, 0.25) is 23.6 Å². The smallest absolute Gasteiger partial charge is 0.326 e. The molecule has 0 saturated heterocycles. The van der Waals surface area contributed by atoms with Crippen LogP contribution in [0.15, 0.2) is 54.7 Å². The predicted molar refractivity (Wildman–Crippen MR) is 145 cm³/mol. The summed E-state index contributed by atoms with van der Waals surface area (Å²) in [5, 5.41) is 27.0. The SMILES string of the molecule is CC(NC(=O)C(N)Cc1c[nH]c2ccccc12)C(=O)NC(CC(N)=O)C(=O)NC(Cc1ccc(O)cc1)C(=O)O. The third-order valence-corrected chi connectivity index (χ3v) is 6.23. The van der Waals surface area contributed by atoms with Crippen LogP contribution in [0.25, 0.3) is 10.9 Å². The van der Waals surface area contributed by atoms with Gasteiger partial charge in [0.1, 0.15) is 23.9 Å². The summed E-state index contributed by atoms with van der Waals surface area (Å²) in [7, 11) is 0. The Kier molecular flexibility index (Phi) is 9.81. The van der Waals surface area contributed by atoms with Crippen molar-refractivity contribution >= 4 is 40.5 Å². The van der Waals surface area contributed by atoms with Crippen molar-refractivity contribution < 1.29 is 34.2 Å². The Morgan fingerprint density at radius 1 is 0.875 bits per heavy atom.